The number of nitrogens with two attached hydrogens (primary N) is 1. The summed E-state index contributed by atoms with van der Waals surface area (Å²) in [6, 6.07) is 1.95. The topological polar surface area (TPSA) is 103 Å². The van der Waals surface area contributed by atoms with E-state index in [1.54, 1.807) is 0 Å². The first kappa shape index (κ1) is 13.2. The van der Waals surface area contributed by atoms with Crippen molar-refractivity contribution >= 4 is 21.2 Å². The molecule has 17 heavy (non-hydrogen) atoms. The maximum atomic E-state index is 12.2. The lowest BCUT2D eigenvalue weighted by atomic mass is 10.3. The van der Waals surface area contributed by atoms with Crippen molar-refractivity contribution in [3.63, 3.8) is 0 Å². The van der Waals surface area contributed by atoms with Crippen molar-refractivity contribution in [1.29, 1.82) is 0 Å². The summed E-state index contributed by atoms with van der Waals surface area (Å²) in [5, 5.41) is 10.4. The number of nitro benzene ring substituents is 1. The molecule has 1 aromatic carbocycles. The van der Waals surface area contributed by atoms with Crippen molar-refractivity contribution in [1.82, 2.24) is 0 Å². The van der Waals surface area contributed by atoms with E-state index in [2.05, 4.69) is 0 Å². The molecule has 0 radical (unpaired) electrons. The van der Waals surface area contributed by atoms with E-state index in [4.69, 9.17) is 5.73 Å². The molecule has 0 unspecified atom stereocenters. The van der Waals surface area contributed by atoms with Crippen LogP contribution in [0, 0.1) is 10.1 Å². The second-order valence-corrected chi connectivity index (χ2v) is 4.84. The highest BCUT2D eigenvalue weighted by molar-refractivity contribution is 7.92. The second-order valence-electron chi connectivity index (χ2n) is 2.93. The number of alkyl halides is 3. The fraction of sp³-hybridized carbons (Fsp3) is 0.143. The Kier molecular flexibility index (Phi) is 3.01. The molecule has 0 saturated carbocycles. The molecule has 0 aliphatic rings. The first-order valence-electron chi connectivity index (χ1n) is 3.92. The molecule has 0 heterocycles. The Morgan fingerprint density at radius 1 is 1.29 bits per heavy atom. The third-order valence-corrected chi connectivity index (χ3v) is 3.29. The summed E-state index contributed by atoms with van der Waals surface area (Å²) in [4.78, 5) is 7.75. The predicted molar refractivity (Wildman–Crippen MR) is 50.7 cm³/mol. The van der Waals surface area contributed by atoms with Crippen molar-refractivity contribution in [2.24, 2.45) is 0 Å². The Hall–Kier alpha value is -1.84. The summed E-state index contributed by atoms with van der Waals surface area (Å²) >= 11 is 0. The molecule has 6 nitrogen and oxygen atoms in total. The van der Waals surface area contributed by atoms with E-state index < -0.39 is 30.9 Å². The first-order valence-corrected chi connectivity index (χ1v) is 5.41. The molecule has 0 amide bonds. The molecule has 94 valence electrons. The van der Waals surface area contributed by atoms with Crippen molar-refractivity contribution in [2.75, 3.05) is 5.73 Å². The third kappa shape index (κ3) is 2.30. The van der Waals surface area contributed by atoms with Crippen molar-refractivity contribution in [3.05, 3.63) is 28.3 Å². The molecule has 2 N–H and O–H groups in total. The SMILES string of the molecule is Nc1ccc([N+](=O)[O-])c(S(=O)(=O)C(F)(F)F)c1. The van der Waals surface area contributed by atoms with Gasteiger partial charge in [0.25, 0.3) is 15.5 Å². The van der Waals surface area contributed by atoms with Crippen LogP contribution in [0.2, 0.25) is 0 Å². The van der Waals surface area contributed by atoms with Gasteiger partial charge in [-0.1, -0.05) is 0 Å². The molecular formula is C7H5F3N2O4S. The van der Waals surface area contributed by atoms with E-state index in [9.17, 15) is 31.7 Å². The summed E-state index contributed by atoms with van der Waals surface area (Å²) in [6.45, 7) is 0. The highest BCUT2D eigenvalue weighted by atomic mass is 32.2. The van der Waals surface area contributed by atoms with Gasteiger partial charge in [-0.25, -0.2) is 8.42 Å². The van der Waals surface area contributed by atoms with E-state index in [-0.39, 0.29) is 5.69 Å². The monoisotopic (exact) mass is 270 g/mol. The summed E-state index contributed by atoms with van der Waals surface area (Å²) < 4.78 is 58.8. The number of rotatable bonds is 2. The van der Waals surface area contributed by atoms with Crippen molar-refractivity contribution < 1.29 is 26.5 Å². The maximum absolute atomic E-state index is 12.2. The molecule has 1 aromatic rings. The highest BCUT2D eigenvalue weighted by Gasteiger charge is 2.49. The van der Waals surface area contributed by atoms with Gasteiger partial charge in [-0.2, -0.15) is 13.2 Å². The Bertz CT molecular complexity index is 567. The molecule has 0 saturated heterocycles. The standard InChI is InChI=1S/C7H5F3N2O4S/c8-7(9,10)17(15,16)6-3-4(11)1-2-5(6)12(13)14/h1-3H,11H2. The van der Waals surface area contributed by atoms with Gasteiger partial charge < -0.3 is 5.73 Å². The lowest BCUT2D eigenvalue weighted by molar-refractivity contribution is -0.387. The van der Waals surface area contributed by atoms with Gasteiger partial charge in [-0.15, -0.1) is 0 Å². The van der Waals surface area contributed by atoms with E-state index in [0.717, 1.165) is 6.07 Å². The maximum Gasteiger partial charge on any atom is 0.502 e. The lowest BCUT2D eigenvalue weighted by Crippen LogP contribution is -2.24. The molecule has 0 atom stereocenters. The predicted octanol–water partition coefficient (Wildman–Crippen LogP) is 1.47. The van der Waals surface area contributed by atoms with Gasteiger partial charge in [0.15, 0.2) is 4.90 Å². The van der Waals surface area contributed by atoms with Crippen molar-refractivity contribution in [2.45, 2.75) is 10.4 Å². The Balaban J connectivity index is 3.61. The average molecular weight is 270 g/mol. The van der Waals surface area contributed by atoms with Crippen LogP contribution >= 0.6 is 0 Å². The van der Waals surface area contributed by atoms with Gasteiger partial charge in [0.05, 0.1) is 4.92 Å². The van der Waals surface area contributed by atoms with Gasteiger partial charge in [0.1, 0.15) is 0 Å². The molecule has 1 rings (SSSR count). The fourth-order valence-electron chi connectivity index (χ4n) is 1.02. The van der Waals surface area contributed by atoms with Gasteiger partial charge in [0.2, 0.25) is 0 Å². The summed E-state index contributed by atoms with van der Waals surface area (Å²) in [6.07, 6.45) is 0. The summed E-state index contributed by atoms with van der Waals surface area (Å²) in [5.74, 6) is 0. The number of nitrogen functional groups attached to an aromatic ring is 1. The molecule has 10 heteroatoms. The second kappa shape index (κ2) is 3.87. The van der Waals surface area contributed by atoms with Crippen LogP contribution in [-0.4, -0.2) is 18.8 Å². The Morgan fingerprint density at radius 2 is 1.82 bits per heavy atom. The molecule has 0 spiro atoms. The lowest BCUT2D eigenvalue weighted by Gasteiger charge is -2.08. The van der Waals surface area contributed by atoms with Crippen LogP contribution in [0.5, 0.6) is 0 Å². The van der Waals surface area contributed by atoms with Crippen LogP contribution in [-0.2, 0) is 9.84 Å². The summed E-state index contributed by atoms with van der Waals surface area (Å²) in [7, 11) is -5.80. The van der Waals surface area contributed by atoms with E-state index in [0.29, 0.717) is 12.1 Å². The molecule has 0 fully saturated rings. The van der Waals surface area contributed by atoms with E-state index in [1.165, 1.54) is 0 Å². The Morgan fingerprint density at radius 3 is 2.24 bits per heavy atom. The van der Waals surface area contributed by atoms with Gasteiger partial charge in [-0.3, -0.25) is 10.1 Å². The van der Waals surface area contributed by atoms with Gasteiger partial charge in [0, 0.05) is 11.8 Å². The van der Waals surface area contributed by atoms with Gasteiger partial charge in [-0.05, 0) is 12.1 Å². The molecule has 0 aromatic heterocycles. The van der Waals surface area contributed by atoms with E-state index >= 15 is 0 Å². The first-order chi connectivity index (χ1) is 7.57. The van der Waals surface area contributed by atoms with Crippen LogP contribution in [0.3, 0.4) is 0 Å². The zero-order valence-corrected chi connectivity index (χ0v) is 8.75. The number of sulfone groups is 1. The Labute approximate surface area is 92.9 Å². The van der Waals surface area contributed by atoms with Crippen LogP contribution in [0.4, 0.5) is 24.5 Å². The average Bonchev–Trinajstić information content (AvgIpc) is 2.15. The number of hydrogen-bond acceptors (Lipinski definition) is 5. The largest absolute Gasteiger partial charge is 0.502 e. The minimum Gasteiger partial charge on any atom is -0.399 e. The van der Waals surface area contributed by atoms with Crippen molar-refractivity contribution in [3.8, 4) is 0 Å². The van der Waals surface area contributed by atoms with Crippen LogP contribution in [0.15, 0.2) is 23.1 Å². The highest BCUT2D eigenvalue weighted by Crippen LogP contribution is 2.36. The molecular weight excluding hydrogens is 265 g/mol. The number of anilines is 1. The zero-order chi connectivity index (χ0) is 13.4. The minimum atomic E-state index is -5.80. The minimum absolute atomic E-state index is 0.321. The number of nitro groups is 1. The zero-order valence-electron chi connectivity index (χ0n) is 7.93. The number of halogens is 3. The smallest absolute Gasteiger partial charge is 0.399 e. The number of benzene rings is 1. The molecule has 0 aliphatic carbocycles. The number of nitrogens with zero attached hydrogens (tertiary/aromatic N) is 1. The van der Waals surface area contributed by atoms with E-state index in [1.807, 2.05) is 0 Å². The quantitative estimate of drug-likeness (QED) is 0.498. The normalized spacial score (nSPS) is 12.4. The van der Waals surface area contributed by atoms with Gasteiger partial charge >= 0.3 is 5.51 Å². The molecule has 0 aliphatic heterocycles. The van der Waals surface area contributed by atoms with Crippen LogP contribution in [0.25, 0.3) is 0 Å². The third-order valence-electron chi connectivity index (χ3n) is 1.77. The fourth-order valence-corrected chi connectivity index (χ4v) is 1.98. The van der Waals surface area contributed by atoms with Crippen LogP contribution < -0.4 is 5.73 Å². The van der Waals surface area contributed by atoms with Crippen LogP contribution in [0.1, 0.15) is 0 Å². The molecule has 0 bridgehead atoms. The number of hydrogen-bond donors (Lipinski definition) is 1. The summed E-state index contributed by atoms with van der Waals surface area (Å²) in [5.41, 5.74) is -2.00.